The number of nitro groups is 1. The van der Waals surface area contributed by atoms with E-state index in [0.29, 0.717) is 17.0 Å². The highest BCUT2D eigenvalue weighted by atomic mass is 16.7. The average Bonchev–Trinajstić information content (AvgIpc) is 2.77. The van der Waals surface area contributed by atoms with Gasteiger partial charge in [-0.15, -0.1) is 0 Å². The number of hydrogen-bond acceptors (Lipinski definition) is 6. The molecule has 31 heavy (non-hydrogen) atoms. The van der Waals surface area contributed by atoms with E-state index in [4.69, 9.17) is 9.57 Å². The van der Waals surface area contributed by atoms with Crippen LogP contribution in [0.4, 0.5) is 16.2 Å². The quantitative estimate of drug-likeness (QED) is 0.244. The number of nitrogens with zero attached hydrogens (tertiary/aromatic N) is 2. The zero-order valence-corrected chi connectivity index (χ0v) is 17.1. The van der Waals surface area contributed by atoms with Crippen LogP contribution in [0.25, 0.3) is 0 Å². The van der Waals surface area contributed by atoms with Crippen LogP contribution in [-0.2, 0) is 4.84 Å². The SMILES string of the molecule is Cc1cccc(C)c1NC(=O)O/N=C(\COc1ccccc1[N+](=O)[O-])c1ccccc1. The highest BCUT2D eigenvalue weighted by Gasteiger charge is 2.16. The molecule has 3 aromatic carbocycles. The first-order valence-electron chi connectivity index (χ1n) is 9.48. The minimum Gasteiger partial charge on any atom is -0.480 e. The van der Waals surface area contributed by atoms with Gasteiger partial charge in [-0.05, 0) is 31.0 Å². The van der Waals surface area contributed by atoms with Gasteiger partial charge in [-0.1, -0.05) is 65.8 Å². The van der Waals surface area contributed by atoms with E-state index in [-0.39, 0.29) is 18.0 Å². The second-order valence-electron chi connectivity index (χ2n) is 6.69. The number of hydrogen-bond donors (Lipinski definition) is 1. The number of anilines is 1. The third-order valence-electron chi connectivity index (χ3n) is 4.48. The molecular weight excluding hydrogens is 398 g/mol. The molecule has 3 aromatic rings. The number of nitro benzene ring substituents is 1. The number of ether oxygens (including phenoxy) is 1. The van der Waals surface area contributed by atoms with Crippen LogP contribution in [0.2, 0.25) is 0 Å². The molecule has 0 aliphatic heterocycles. The van der Waals surface area contributed by atoms with Crippen molar-refractivity contribution in [3.05, 3.63) is 99.6 Å². The lowest BCUT2D eigenvalue weighted by Crippen LogP contribution is -2.18. The number of benzene rings is 3. The summed E-state index contributed by atoms with van der Waals surface area (Å²) in [4.78, 5) is 28.0. The highest BCUT2D eigenvalue weighted by molar-refractivity contribution is 6.02. The molecule has 1 amide bonds. The fourth-order valence-corrected chi connectivity index (χ4v) is 2.90. The maximum atomic E-state index is 12.3. The van der Waals surface area contributed by atoms with E-state index in [1.807, 2.05) is 38.1 Å². The average molecular weight is 419 g/mol. The van der Waals surface area contributed by atoms with Crippen molar-refractivity contribution in [2.45, 2.75) is 13.8 Å². The van der Waals surface area contributed by atoms with Gasteiger partial charge in [0, 0.05) is 17.3 Å². The molecule has 0 saturated carbocycles. The Balaban J connectivity index is 1.77. The molecule has 1 N–H and O–H groups in total. The van der Waals surface area contributed by atoms with Gasteiger partial charge in [-0.25, -0.2) is 4.79 Å². The molecule has 8 nitrogen and oxygen atoms in total. The summed E-state index contributed by atoms with van der Waals surface area (Å²) in [5.41, 5.74) is 3.23. The van der Waals surface area contributed by atoms with Crippen molar-refractivity contribution >= 4 is 23.2 Å². The van der Waals surface area contributed by atoms with Crippen LogP contribution in [0.3, 0.4) is 0 Å². The summed E-state index contributed by atoms with van der Waals surface area (Å²) in [5, 5.41) is 17.8. The standard InChI is InChI=1S/C23H21N3O5/c1-16-9-8-10-17(2)22(16)24-23(27)31-25-19(18-11-4-3-5-12-18)15-30-21-14-7-6-13-20(21)26(28)29/h3-14H,15H2,1-2H3,(H,24,27)/b25-19+. The Kier molecular flexibility index (Phi) is 6.95. The summed E-state index contributed by atoms with van der Waals surface area (Å²) in [7, 11) is 0. The van der Waals surface area contributed by atoms with Crippen LogP contribution < -0.4 is 10.1 Å². The Morgan fingerprint density at radius 2 is 1.61 bits per heavy atom. The first-order valence-corrected chi connectivity index (χ1v) is 9.48. The van der Waals surface area contributed by atoms with Crippen molar-refractivity contribution in [2.24, 2.45) is 5.16 Å². The Morgan fingerprint density at radius 3 is 2.29 bits per heavy atom. The summed E-state index contributed by atoms with van der Waals surface area (Å²) >= 11 is 0. The van der Waals surface area contributed by atoms with Crippen molar-refractivity contribution in [1.82, 2.24) is 0 Å². The normalized spacial score (nSPS) is 11.0. The van der Waals surface area contributed by atoms with Crippen molar-refractivity contribution in [2.75, 3.05) is 11.9 Å². The largest absolute Gasteiger partial charge is 0.480 e. The van der Waals surface area contributed by atoms with E-state index < -0.39 is 11.0 Å². The van der Waals surface area contributed by atoms with Crippen molar-refractivity contribution < 1.29 is 19.3 Å². The van der Waals surface area contributed by atoms with Crippen LogP contribution in [0, 0.1) is 24.0 Å². The fourth-order valence-electron chi connectivity index (χ4n) is 2.90. The summed E-state index contributed by atoms with van der Waals surface area (Å²) < 4.78 is 5.62. The maximum absolute atomic E-state index is 12.3. The smallest absolute Gasteiger partial charge is 0.437 e. The van der Waals surface area contributed by atoms with Gasteiger partial charge in [0.1, 0.15) is 12.3 Å². The number of carbonyl (C=O) groups is 1. The van der Waals surface area contributed by atoms with E-state index in [9.17, 15) is 14.9 Å². The second-order valence-corrected chi connectivity index (χ2v) is 6.69. The molecule has 158 valence electrons. The third kappa shape index (κ3) is 5.66. The van der Waals surface area contributed by atoms with Crippen LogP contribution in [0.5, 0.6) is 5.75 Å². The molecule has 8 heteroatoms. The van der Waals surface area contributed by atoms with E-state index in [1.54, 1.807) is 36.4 Å². The number of rotatable bonds is 7. The number of para-hydroxylation sites is 3. The van der Waals surface area contributed by atoms with E-state index in [2.05, 4.69) is 10.5 Å². The first kappa shape index (κ1) is 21.5. The van der Waals surface area contributed by atoms with E-state index >= 15 is 0 Å². The Bertz CT molecular complexity index is 1090. The van der Waals surface area contributed by atoms with E-state index in [1.165, 1.54) is 12.1 Å². The molecule has 0 saturated heterocycles. The molecule has 0 bridgehead atoms. The van der Waals surface area contributed by atoms with E-state index in [0.717, 1.165) is 11.1 Å². The highest BCUT2D eigenvalue weighted by Crippen LogP contribution is 2.26. The molecule has 0 unspecified atom stereocenters. The van der Waals surface area contributed by atoms with Gasteiger partial charge in [-0.2, -0.15) is 0 Å². The van der Waals surface area contributed by atoms with Crippen molar-refractivity contribution in [3.63, 3.8) is 0 Å². The van der Waals surface area contributed by atoms with Gasteiger partial charge >= 0.3 is 11.8 Å². The Labute approximate surface area is 179 Å². The lowest BCUT2D eigenvalue weighted by Gasteiger charge is -2.11. The van der Waals surface area contributed by atoms with Gasteiger partial charge in [0.2, 0.25) is 0 Å². The summed E-state index contributed by atoms with van der Waals surface area (Å²) in [6, 6.07) is 20.7. The zero-order chi connectivity index (χ0) is 22.2. The molecular formula is C23H21N3O5. The number of carbonyl (C=O) groups excluding carboxylic acids is 1. The van der Waals surface area contributed by atoms with Crippen LogP contribution in [-0.4, -0.2) is 23.3 Å². The van der Waals surface area contributed by atoms with Gasteiger partial charge in [0.25, 0.3) is 0 Å². The van der Waals surface area contributed by atoms with Crippen LogP contribution in [0.1, 0.15) is 16.7 Å². The minimum absolute atomic E-state index is 0.0936. The van der Waals surface area contributed by atoms with Gasteiger partial charge in [0.05, 0.1) is 4.92 Å². The Morgan fingerprint density at radius 1 is 0.968 bits per heavy atom. The summed E-state index contributed by atoms with van der Waals surface area (Å²) in [5.74, 6) is 0.0936. The molecule has 0 aliphatic carbocycles. The summed E-state index contributed by atoms with van der Waals surface area (Å²) in [6.07, 6.45) is -0.753. The number of nitrogens with one attached hydrogen (secondary N) is 1. The maximum Gasteiger partial charge on any atom is 0.437 e. The lowest BCUT2D eigenvalue weighted by atomic mass is 10.1. The zero-order valence-electron chi connectivity index (χ0n) is 17.1. The predicted molar refractivity (Wildman–Crippen MR) is 118 cm³/mol. The second kappa shape index (κ2) is 10.0. The lowest BCUT2D eigenvalue weighted by molar-refractivity contribution is -0.385. The summed E-state index contributed by atoms with van der Waals surface area (Å²) in [6.45, 7) is 3.62. The molecule has 0 atom stereocenters. The molecule has 0 aliphatic rings. The van der Waals surface area contributed by atoms with Gasteiger partial charge in [0.15, 0.2) is 5.75 Å². The predicted octanol–water partition coefficient (Wildman–Crippen LogP) is 5.24. The molecule has 0 heterocycles. The van der Waals surface area contributed by atoms with Crippen molar-refractivity contribution in [1.29, 1.82) is 0 Å². The third-order valence-corrected chi connectivity index (χ3v) is 4.48. The fraction of sp³-hybridized carbons (Fsp3) is 0.130. The molecule has 3 rings (SSSR count). The topological polar surface area (TPSA) is 103 Å². The van der Waals surface area contributed by atoms with Gasteiger partial charge < -0.3 is 4.74 Å². The monoisotopic (exact) mass is 419 g/mol. The van der Waals surface area contributed by atoms with Crippen molar-refractivity contribution in [3.8, 4) is 5.75 Å². The number of aryl methyl sites for hydroxylation is 2. The molecule has 0 radical (unpaired) electrons. The molecule has 0 fully saturated rings. The number of oxime groups is 1. The number of amides is 1. The molecule has 0 aromatic heterocycles. The van der Waals surface area contributed by atoms with Crippen LogP contribution >= 0.6 is 0 Å². The first-order chi connectivity index (χ1) is 15.0. The minimum atomic E-state index is -0.753. The Hall–Kier alpha value is -4.20. The molecule has 0 spiro atoms. The van der Waals surface area contributed by atoms with Crippen LogP contribution in [0.15, 0.2) is 78.0 Å². The van der Waals surface area contributed by atoms with Gasteiger partial charge in [-0.3, -0.25) is 20.3 Å².